The molecule has 0 bridgehead atoms. The molecule has 5 N–H and O–H groups in total. The van der Waals surface area contributed by atoms with Crippen molar-refractivity contribution in [2.45, 2.75) is 32.6 Å². The van der Waals surface area contributed by atoms with Crippen molar-refractivity contribution in [1.29, 1.82) is 0 Å². The van der Waals surface area contributed by atoms with Gasteiger partial charge in [-0.05, 0) is 25.7 Å². The highest BCUT2D eigenvalue weighted by Gasteiger charge is 2.37. The Morgan fingerprint density at radius 2 is 1.44 bits per heavy atom. The highest BCUT2D eigenvalue weighted by atomic mass is 16.5. The number of phenols is 1. The number of carboxylic acids is 2. The van der Waals surface area contributed by atoms with Gasteiger partial charge < -0.3 is 40.2 Å². The van der Waals surface area contributed by atoms with Gasteiger partial charge in [0, 0.05) is 68.8 Å². The number of Topliss-reactive ketones (excluding diaryl/α,β-unsaturated/α-hetero) is 1. The number of rotatable bonds is 12. The Bertz CT molecular complexity index is 2360. The summed E-state index contributed by atoms with van der Waals surface area (Å²) in [6.07, 6.45) is 1.76. The third-order valence-electron chi connectivity index (χ3n) is 8.97. The van der Waals surface area contributed by atoms with Crippen LogP contribution in [0, 0.1) is 0 Å². The van der Waals surface area contributed by atoms with Gasteiger partial charge in [0.1, 0.15) is 29.6 Å². The first-order chi connectivity index (χ1) is 22.9. The predicted molar refractivity (Wildman–Crippen MR) is 181 cm³/mol. The summed E-state index contributed by atoms with van der Waals surface area (Å²) in [6.45, 7) is 2.62. The van der Waals surface area contributed by atoms with Crippen LogP contribution in [0.3, 0.4) is 0 Å². The first-order valence-electron chi connectivity index (χ1n) is 15.0. The summed E-state index contributed by atoms with van der Waals surface area (Å²) in [6, 6.07) is 2.87. The molecule has 6 rings (SSSR count). The van der Waals surface area contributed by atoms with Gasteiger partial charge in [0.05, 0.1) is 43.7 Å². The second-order valence-corrected chi connectivity index (χ2v) is 11.7. The van der Waals surface area contributed by atoms with E-state index in [1.54, 1.807) is 19.1 Å². The first-order valence-corrected chi connectivity index (χ1v) is 15.0. The largest absolute Gasteiger partial charge is 0.507 e. The van der Waals surface area contributed by atoms with Gasteiger partial charge >= 0.3 is 11.9 Å². The average Bonchev–Trinajstić information content (AvgIpc) is 3.16. The van der Waals surface area contributed by atoms with E-state index in [9.17, 15) is 39.3 Å². The molecule has 1 aliphatic rings. The van der Waals surface area contributed by atoms with Gasteiger partial charge in [-0.25, -0.2) is 0 Å². The number of fused-ring (bicyclic) bond motifs is 1. The Labute approximate surface area is 272 Å². The number of carboxylic acid groups (broad SMARTS) is 2. The zero-order valence-corrected chi connectivity index (χ0v) is 26.7. The quantitative estimate of drug-likeness (QED) is 0.0716. The molecule has 248 valence electrons. The normalized spacial score (nSPS) is 14.0. The lowest BCUT2D eigenvalue weighted by Crippen LogP contribution is -2.20. The fourth-order valence-electron chi connectivity index (χ4n) is 7.22. The van der Waals surface area contributed by atoms with Crippen molar-refractivity contribution >= 4 is 78.3 Å². The summed E-state index contributed by atoms with van der Waals surface area (Å²) in [5.74, 6) is -3.65. The van der Waals surface area contributed by atoms with Crippen LogP contribution in [0.25, 0.3) is 49.2 Å². The van der Waals surface area contributed by atoms with Crippen LogP contribution >= 0.6 is 0 Å². The Balaban J connectivity index is 2.00. The van der Waals surface area contributed by atoms with Crippen molar-refractivity contribution in [3.63, 3.8) is 0 Å². The summed E-state index contributed by atoms with van der Waals surface area (Å²) in [5, 5.41) is 38.1. The van der Waals surface area contributed by atoms with Gasteiger partial charge in [-0.15, -0.1) is 0 Å². The molecule has 0 amide bonds. The Hall–Kier alpha value is -5.85. The van der Waals surface area contributed by atoms with Crippen molar-refractivity contribution in [1.82, 2.24) is 0 Å². The molecule has 0 heterocycles. The van der Waals surface area contributed by atoms with Crippen LogP contribution in [0.2, 0.25) is 0 Å². The fourth-order valence-corrected chi connectivity index (χ4v) is 7.22. The molecule has 5 aromatic rings. The summed E-state index contributed by atoms with van der Waals surface area (Å²) in [5.41, 5.74) is -0.0446. The van der Waals surface area contributed by atoms with Gasteiger partial charge in [0.15, 0.2) is 5.75 Å². The molecule has 0 saturated heterocycles. The minimum atomic E-state index is -1.24. The van der Waals surface area contributed by atoms with Crippen LogP contribution in [-0.4, -0.2) is 67.5 Å². The lowest BCUT2D eigenvalue weighted by atomic mass is 9.80. The van der Waals surface area contributed by atoms with Gasteiger partial charge in [0.25, 0.3) is 0 Å². The third-order valence-corrected chi connectivity index (χ3v) is 8.97. The monoisotopic (exact) mass is 656 g/mol. The van der Waals surface area contributed by atoms with Crippen molar-refractivity contribution in [2.75, 3.05) is 45.1 Å². The maximum absolute atomic E-state index is 14.6. The summed E-state index contributed by atoms with van der Waals surface area (Å²) in [7, 11) is 4.14. The number of methoxy groups -OCH3 is 3. The van der Waals surface area contributed by atoms with E-state index in [0.717, 1.165) is 0 Å². The Morgan fingerprint density at radius 3 is 2.02 bits per heavy atom. The van der Waals surface area contributed by atoms with E-state index in [4.69, 9.17) is 14.2 Å². The average molecular weight is 657 g/mol. The number of carbonyl (C=O) groups excluding carboxylic acids is 1. The van der Waals surface area contributed by atoms with E-state index in [1.807, 2.05) is 0 Å². The molecule has 1 aliphatic carbocycles. The molecule has 1 atom stereocenters. The van der Waals surface area contributed by atoms with E-state index in [2.05, 4.69) is 10.6 Å². The van der Waals surface area contributed by atoms with Gasteiger partial charge in [-0.3, -0.25) is 24.0 Å². The Kier molecular flexibility index (Phi) is 7.86. The van der Waals surface area contributed by atoms with Crippen LogP contribution < -0.4 is 35.7 Å². The predicted octanol–water partition coefficient (Wildman–Crippen LogP) is 4.49. The number of allylic oxidation sites excluding steroid dienone is 1. The summed E-state index contributed by atoms with van der Waals surface area (Å²) >= 11 is 0. The maximum atomic E-state index is 14.6. The van der Waals surface area contributed by atoms with Gasteiger partial charge in [0.2, 0.25) is 10.9 Å². The number of anilines is 2. The van der Waals surface area contributed by atoms with Crippen molar-refractivity contribution in [3.8, 4) is 23.0 Å². The molecule has 13 heteroatoms. The lowest BCUT2D eigenvalue weighted by molar-refractivity contribution is -0.137. The smallest absolute Gasteiger partial charge is 0.322 e. The molecule has 13 nitrogen and oxygen atoms in total. The number of hydrogen-bond donors (Lipinski definition) is 5. The molecule has 0 aliphatic heterocycles. The zero-order chi connectivity index (χ0) is 34.8. The van der Waals surface area contributed by atoms with E-state index < -0.39 is 41.0 Å². The van der Waals surface area contributed by atoms with Crippen LogP contribution in [0.1, 0.15) is 43.7 Å². The van der Waals surface area contributed by atoms with Crippen molar-refractivity contribution in [2.24, 2.45) is 0 Å². The summed E-state index contributed by atoms with van der Waals surface area (Å²) < 4.78 is 17.5. The summed E-state index contributed by atoms with van der Waals surface area (Å²) in [4.78, 5) is 65.3. The number of nitrogens with one attached hydrogen (secondary N) is 2. The highest BCUT2D eigenvalue weighted by molar-refractivity contribution is 6.40. The topological polar surface area (TPSA) is 198 Å². The molecule has 5 aromatic carbocycles. The van der Waals surface area contributed by atoms with Crippen LogP contribution in [0.5, 0.6) is 23.0 Å². The molecule has 0 radical (unpaired) electrons. The number of aromatic hydroxyl groups is 1. The van der Waals surface area contributed by atoms with E-state index in [-0.39, 0.29) is 75.4 Å². The van der Waals surface area contributed by atoms with Crippen LogP contribution in [0.4, 0.5) is 11.4 Å². The molecule has 0 fully saturated rings. The SMILES string of the molecule is COc1c2c3c4c(c(NCC(=O)O)c(=O)c5c(O)cc(OC)c(c6c(OC)cc(NCCCC(=O)O)c(c1=O)c63)c54)C=C(C)C2C(C)=O. The molecular formula is C35H32N2O11. The third kappa shape index (κ3) is 4.56. The minimum Gasteiger partial charge on any atom is -0.507 e. The van der Waals surface area contributed by atoms with Crippen molar-refractivity contribution < 1.29 is 43.9 Å². The Morgan fingerprint density at radius 1 is 0.792 bits per heavy atom. The van der Waals surface area contributed by atoms with Crippen LogP contribution in [0.15, 0.2) is 27.3 Å². The zero-order valence-electron chi connectivity index (χ0n) is 26.7. The van der Waals surface area contributed by atoms with Gasteiger partial charge in [-0.2, -0.15) is 0 Å². The number of ketones is 1. The second-order valence-electron chi connectivity index (χ2n) is 11.7. The minimum absolute atomic E-state index is 0.113. The molecule has 0 aromatic heterocycles. The number of carbonyl (C=O) groups is 3. The number of hydrogen-bond acceptors (Lipinski definition) is 11. The lowest BCUT2D eigenvalue weighted by Gasteiger charge is -2.25. The first kappa shape index (κ1) is 32.1. The molecular weight excluding hydrogens is 624 g/mol. The van der Waals surface area contributed by atoms with E-state index in [0.29, 0.717) is 38.2 Å². The van der Waals surface area contributed by atoms with E-state index in [1.165, 1.54) is 34.3 Å². The number of benzene rings is 5. The fraction of sp³-hybridized carbons (Fsp3) is 0.286. The molecule has 0 spiro atoms. The number of phenolic OH excluding ortho intramolecular Hbond substituents is 1. The van der Waals surface area contributed by atoms with E-state index >= 15 is 0 Å². The molecule has 1 unspecified atom stereocenters. The number of ether oxygens (including phenoxy) is 3. The van der Waals surface area contributed by atoms with Crippen LogP contribution in [-0.2, 0) is 14.4 Å². The maximum Gasteiger partial charge on any atom is 0.322 e. The van der Waals surface area contributed by atoms with Gasteiger partial charge in [-0.1, -0.05) is 11.6 Å². The number of aliphatic carboxylic acids is 2. The molecule has 0 saturated carbocycles. The standard InChI is InChI=1S/C35H32N2O11/c1-13-9-15-23-28-25(33(44)32(15)37-12-21(42)43)17(39)11-19(47-4)27(28)26-18(46-3)10-16(36-8-6-7-20(40)41)24-30(26)29(23)31(22(13)14(2)38)35(48-5)34(24)45/h9-11,22,36-37,39H,6-8,12H2,1-5H3,(H,40,41)(H,42,43). The second kappa shape index (κ2) is 11.7. The molecule has 48 heavy (non-hydrogen) atoms. The highest BCUT2D eigenvalue weighted by Crippen LogP contribution is 2.55. The van der Waals surface area contributed by atoms with Crippen molar-refractivity contribution in [3.05, 3.63) is 49.3 Å².